The summed E-state index contributed by atoms with van der Waals surface area (Å²) in [5.41, 5.74) is 1.47. The summed E-state index contributed by atoms with van der Waals surface area (Å²) >= 11 is 0. The van der Waals surface area contributed by atoms with Gasteiger partial charge >= 0.3 is 0 Å². The van der Waals surface area contributed by atoms with Crippen LogP contribution in [-0.4, -0.2) is 49.0 Å². The molecule has 0 spiro atoms. The number of anilines is 1. The first kappa shape index (κ1) is 15.0. The molecule has 118 valence electrons. The van der Waals surface area contributed by atoms with E-state index in [0.717, 1.165) is 5.69 Å². The Morgan fingerprint density at radius 2 is 1.73 bits per heavy atom. The maximum Gasteiger partial charge on any atom is 0.248 e. The second-order valence-corrected chi connectivity index (χ2v) is 7.12. The van der Waals surface area contributed by atoms with E-state index in [9.17, 15) is 8.42 Å². The van der Waals surface area contributed by atoms with Crippen molar-refractivity contribution < 1.29 is 12.9 Å². The Hall–Kier alpha value is -1.93. The molecule has 0 aliphatic carbocycles. The zero-order chi connectivity index (χ0) is 15.7. The number of sulfonamides is 1. The third kappa shape index (κ3) is 2.59. The standard InChI is InChI=1S/C14H18N4O3S/c1-11-14(12(2)21-16-11)22(19,20)18-9-7-17(8-10-18)13-3-5-15-6-4-13/h3-6H,7-10H2,1-2H3. The third-order valence-corrected chi connectivity index (χ3v) is 5.98. The van der Waals surface area contributed by atoms with Crippen molar-refractivity contribution in [3.63, 3.8) is 0 Å². The average molecular weight is 322 g/mol. The van der Waals surface area contributed by atoms with Crippen molar-refractivity contribution >= 4 is 15.7 Å². The molecular formula is C14H18N4O3S. The molecule has 0 atom stereocenters. The summed E-state index contributed by atoms with van der Waals surface area (Å²) in [6.45, 7) is 5.44. The smallest absolute Gasteiger partial charge is 0.248 e. The Bertz CT molecular complexity index is 730. The first-order valence-electron chi connectivity index (χ1n) is 7.08. The van der Waals surface area contributed by atoms with Crippen molar-refractivity contribution in [1.29, 1.82) is 0 Å². The molecule has 0 bridgehead atoms. The van der Waals surface area contributed by atoms with Gasteiger partial charge in [0.15, 0.2) is 5.76 Å². The highest BCUT2D eigenvalue weighted by molar-refractivity contribution is 7.89. The van der Waals surface area contributed by atoms with Crippen molar-refractivity contribution in [2.45, 2.75) is 18.7 Å². The van der Waals surface area contributed by atoms with E-state index in [-0.39, 0.29) is 4.90 Å². The summed E-state index contributed by atoms with van der Waals surface area (Å²) in [4.78, 5) is 6.35. The molecule has 3 rings (SSSR count). The van der Waals surface area contributed by atoms with E-state index < -0.39 is 10.0 Å². The van der Waals surface area contributed by atoms with Crippen LogP contribution in [0.2, 0.25) is 0 Å². The van der Waals surface area contributed by atoms with E-state index >= 15 is 0 Å². The van der Waals surface area contributed by atoms with Gasteiger partial charge in [-0.05, 0) is 26.0 Å². The minimum atomic E-state index is -3.55. The van der Waals surface area contributed by atoms with Crippen LogP contribution in [0.5, 0.6) is 0 Å². The van der Waals surface area contributed by atoms with Crippen molar-refractivity contribution in [1.82, 2.24) is 14.4 Å². The quantitative estimate of drug-likeness (QED) is 0.845. The Kier molecular flexibility index (Phi) is 3.88. The first-order chi connectivity index (χ1) is 10.5. The van der Waals surface area contributed by atoms with E-state index in [1.54, 1.807) is 26.2 Å². The van der Waals surface area contributed by atoms with Crippen LogP contribution in [0.15, 0.2) is 33.9 Å². The molecule has 0 amide bonds. The Balaban J connectivity index is 1.76. The molecule has 0 unspecified atom stereocenters. The second kappa shape index (κ2) is 5.69. The molecule has 0 radical (unpaired) electrons. The fraction of sp³-hybridized carbons (Fsp3) is 0.429. The summed E-state index contributed by atoms with van der Waals surface area (Å²) < 4.78 is 31.9. The van der Waals surface area contributed by atoms with Gasteiger partial charge in [0, 0.05) is 44.3 Å². The number of pyridine rings is 1. The van der Waals surface area contributed by atoms with Crippen LogP contribution in [0.3, 0.4) is 0 Å². The van der Waals surface area contributed by atoms with E-state index in [1.165, 1.54) is 4.31 Å². The number of nitrogens with zero attached hydrogens (tertiary/aromatic N) is 4. The van der Waals surface area contributed by atoms with Crippen LogP contribution in [0.1, 0.15) is 11.5 Å². The van der Waals surface area contributed by atoms with Gasteiger partial charge in [0.25, 0.3) is 0 Å². The molecule has 2 aromatic rings. The molecule has 7 nitrogen and oxygen atoms in total. The summed E-state index contributed by atoms with van der Waals surface area (Å²) in [5, 5.41) is 3.74. The lowest BCUT2D eigenvalue weighted by molar-refractivity contribution is 0.378. The summed E-state index contributed by atoms with van der Waals surface area (Å²) in [6.07, 6.45) is 3.48. The molecule has 0 N–H and O–H groups in total. The predicted molar refractivity (Wildman–Crippen MR) is 81.2 cm³/mol. The van der Waals surface area contributed by atoms with E-state index in [0.29, 0.717) is 37.6 Å². The zero-order valence-corrected chi connectivity index (χ0v) is 13.4. The fourth-order valence-electron chi connectivity index (χ4n) is 2.71. The Morgan fingerprint density at radius 1 is 1.09 bits per heavy atom. The lowest BCUT2D eigenvalue weighted by Gasteiger charge is -2.35. The predicted octanol–water partition coefficient (Wildman–Crippen LogP) is 1.20. The van der Waals surface area contributed by atoms with E-state index in [4.69, 9.17) is 4.52 Å². The number of rotatable bonds is 3. The number of aromatic nitrogens is 2. The molecule has 1 aliphatic rings. The molecule has 1 saturated heterocycles. The van der Waals surface area contributed by atoms with Gasteiger partial charge in [0.2, 0.25) is 10.0 Å². The van der Waals surface area contributed by atoms with Gasteiger partial charge in [-0.25, -0.2) is 8.42 Å². The molecule has 22 heavy (non-hydrogen) atoms. The molecular weight excluding hydrogens is 304 g/mol. The largest absolute Gasteiger partial charge is 0.369 e. The molecule has 2 aromatic heterocycles. The second-order valence-electron chi connectivity index (χ2n) is 5.25. The first-order valence-corrected chi connectivity index (χ1v) is 8.52. The van der Waals surface area contributed by atoms with Crippen LogP contribution in [-0.2, 0) is 10.0 Å². The fourth-order valence-corrected chi connectivity index (χ4v) is 4.43. The topological polar surface area (TPSA) is 79.5 Å². The summed E-state index contributed by atoms with van der Waals surface area (Å²) in [5.74, 6) is 0.342. The number of hydrogen-bond donors (Lipinski definition) is 0. The van der Waals surface area contributed by atoms with Gasteiger partial charge < -0.3 is 9.42 Å². The minimum absolute atomic E-state index is 0.199. The van der Waals surface area contributed by atoms with Crippen molar-refractivity contribution in [3.8, 4) is 0 Å². The monoisotopic (exact) mass is 322 g/mol. The minimum Gasteiger partial charge on any atom is -0.369 e. The molecule has 0 saturated carbocycles. The maximum absolute atomic E-state index is 12.7. The van der Waals surface area contributed by atoms with E-state index in [1.807, 2.05) is 12.1 Å². The normalized spacial score (nSPS) is 16.9. The maximum atomic E-state index is 12.7. The van der Waals surface area contributed by atoms with Gasteiger partial charge in [-0.2, -0.15) is 4.31 Å². The van der Waals surface area contributed by atoms with E-state index in [2.05, 4.69) is 15.0 Å². The highest BCUT2D eigenvalue weighted by atomic mass is 32.2. The van der Waals surface area contributed by atoms with Crippen LogP contribution < -0.4 is 4.90 Å². The molecule has 1 fully saturated rings. The van der Waals surface area contributed by atoms with Crippen molar-refractivity contribution in [3.05, 3.63) is 36.0 Å². The van der Waals surface area contributed by atoms with Gasteiger partial charge in [0.1, 0.15) is 10.6 Å². The van der Waals surface area contributed by atoms with Crippen LogP contribution in [0, 0.1) is 13.8 Å². The van der Waals surface area contributed by atoms with Gasteiger partial charge in [-0.3, -0.25) is 4.98 Å². The van der Waals surface area contributed by atoms with Crippen LogP contribution in [0.4, 0.5) is 5.69 Å². The van der Waals surface area contributed by atoms with Gasteiger partial charge in [-0.1, -0.05) is 5.16 Å². The van der Waals surface area contributed by atoms with Gasteiger partial charge in [0.05, 0.1) is 0 Å². The Labute approximate surface area is 129 Å². The third-order valence-electron chi connectivity index (χ3n) is 3.83. The zero-order valence-electron chi connectivity index (χ0n) is 12.6. The van der Waals surface area contributed by atoms with Crippen LogP contribution in [0.25, 0.3) is 0 Å². The highest BCUT2D eigenvalue weighted by Crippen LogP contribution is 2.25. The lowest BCUT2D eigenvalue weighted by atomic mass is 10.3. The number of aryl methyl sites for hydroxylation is 2. The molecule has 0 aromatic carbocycles. The van der Waals surface area contributed by atoms with Crippen molar-refractivity contribution in [2.24, 2.45) is 0 Å². The SMILES string of the molecule is Cc1noc(C)c1S(=O)(=O)N1CCN(c2ccncc2)CC1. The highest BCUT2D eigenvalue weighted by Gasteiger charge is 2.33. The molecule has 8 heteroatoms. The molecule has 1 aliphatic heterocycles. The molecule has 3 heterocycles. The summed E-state index contributed by atoms with van der Waals surface area (Å²) in [7, 11) is -3.55. The number of piperazine rings is 1. The van der Waals surface area contributed by atoms with Gasteiger partial charge in [-0.15, -0.1) is 0 Å². The Morgan fingerprint density at radius 3 is 2.27 bits per heavy atom. The number of hydrogen-bond acceptors (Lipinski definition) is 6. The van der Waals surface area contributed by atoms with Crippen molar-refractivity contribution in [2.75, 3.05) is 31.1 Å². The summed E-state index contributed by atoms with van der Waals surface area (Å²) in [6, 6.07) is 3.86. The average Bonchev–Trinajstić information content (AvgIpc) is 2.88. The lowest BCUT2D eigenvalue weighted by Crippen LogP contribution is -2.48. The van der Waals surface area contributed by atoms with Crippen LogP contribution >= 0.6 is 0 Å².